The molecule has 0 aliphatic carbocycles. The van der Waals surface area contributed by atoms with Gasteiger partial charge in [-0.05, 0) is 56.2 Å². The fourth-order valence-electron chi connectivity index (χ4n) is 2.61. The molecule has 3 rings (SSSR count). The number of carbonyl (C=O) groups excluding carboxylic acids is 2. The Morgan fingerprint density at radius 3 is 2.54 bits per heavy atom. The Morgan fingerprint density at radius 1 is 1.04 bits per heavy atom. The molecule has 0 spiro atoms. The summed E-state index contributed by atoms with van der Waals surface area (Å²) in [6.07, 6.45) is -0.640. The van der Waals surface area contributed by atoms with Gasteiger partial charge in [-0.25, -0.2) is 4.79 Å². The monoisotopic (exact) mass is 352 g/mol. The van der Waals surface area contributed by atoms with Crippen molar-refractivity contribution < 1.29 is 18.7 Å². The fourth-order valence-corrected chi connectivity index (χ4v) is 2.61. The van der Waals surface area contributed by atoms with Gasteiger partial charge in [0, 0.05) is 11.1 Å². The molecule has 2 amide bonds. The van der Waals surface area contributed by atoms with Gasteiger partial charge in [0.25, 0.3) is 5.91 Å². The van der Waals surface area contributed by atoms with Crippen molar-refractivity contribution in [2.75, 3.05) is 17.2 Å². The molecule has 0 radical (unpaired) electrons. The van der Waals surface area contributed by atoms with Crippen molar-refractivity contribution in [1.82, 2.24) is 0 Å². The summed E-state index contributed by atoms with van der Waals surface area (Å²) >= 11 is 0. The molecular formula is C20H20N2O4. The van der Waals surface area contributed by atoms with Crippen LogP contribution in [0.5, 0.6) is 0 Å². The van der Waals surface area contributed by atoms with Gasteiger partial charge in [0.15, 0.2) is 0 Å². The summed E-state index contributed by atoms with van der Waals surface area (Å²) in [6, 6.07) is 12.7. The number of ether oxygens (including phenoxy) is 1. The number of nitrogens with one attached hydrogen (secondary N) is 2. The molecule has 3 aromatic rings. The van der Waals surface area contributed by atoms with Gasteiger partial charge in [-0.3, -0.25) is 10.1 Å². The van der Waals surface area contributed by atoms with Crippen LogP contribution in [0.15, 0.2) is 46.9 Å². The van der Waals surface area contributed by atoms with Gasteiger partial charge in [-0.15, -0.1) is 0 Å². The van der Waals surface area contributed by atoms with Crippen LogP contribution in [0.1, 0.15) is 28.6 Å². The van der Waals surface area contributed by atoms with E-state index < -0.39 is 12.0 Å². The number of carbonyl (C=O) groups is 2. The maximum atomic E-state index is 12.7. The molecule has 0 aliphatic heterocycles. The average Bonchev–Trinajstić information content (AvgIpc) is 2.97. The number of anilines is 2. The quantitative estimate of drug-likeness (QED) is 0.702. The standard InChI is InChI=1S/C20H20N2O4/c1-4-25-20(24)22-17-15-7-5-6-8-16(15)26-18(17)19(23)21-14-10-9-12(2)13(3)11-14/h5-11H,4H2,1-3H3,(H,21,23)(H,22,24). The second-order valence-corrected chi connectivity index (χ2v) is 5.90. The molecule has 1 aromatic heterocycles. The zero-order valence-corrected chi connectivity index (χ0v) is 14.9. The maximum Gasteiger partial charge on any atom is 0.411 e. The van der Waals surface area contributed by atoms with Gasteiger partial charge in [0.05, 0.1) is 6.61 Å². The number of hydrogen-bond donors (Lipinski definition) is 2. The highest BCUT2D eigenvalue weighted by Gasteiger charge is 2.22. The molecule has 0 unspecified atom stereocenters. The van der Waals surface area contributed by atoms with E-state index >= 15 is 0 Å². The molecule has 2 aromatic carbocycles. The minimum absolute atomic E-state index is 0.0254. The molecule has 6 heteroatoms. The first kappa shape index (κ1) is 17.5. The third kappa shape index (κ3) is 3.54. The summed E-state index contributed by atoms with van der Waals surface area (Å²) in [5.74, 6) is -0.422. The Morgan fingerprint density at radius 2 is 1.81 bits per heavy atom. The maximum absolute atomic E-state index is 12.7. The Balaban J connectivity index is 1.95. The van der Waals surface area contributed by atoms with Crippen molar-refractivity contribution >= 4 is 34.3 Å². The summed E-state index contributed by atoms with van der Waals surface area (Å²) < 4.78 is 10.6. The number of rotatable bonds is 4. The van der Waals surface area contributed by atoms with Crippen LogP contribution in [-0.4, -0.2) is 18.6 Å². The molecule has 0 bridgehead atoms. The first-order chi connectivity index (χ1) is 12.5. The second-order valence-electron chi connectivity index (χ2n) is 5.90. The predicted molar refractivity (Wildman–Crippen MR) is 101 cm³/mol. The topological polar surface area (TPSA) is 80.6 Å². The first-order valence-corrected chi connectivity index (χ1v) is 8.33. The first-order valence-electron chi connectivity index (χ1n) is 8.33. The number of amides is 2. The van der Waals surface area contributed by atoms with E-state index in [1.807, 2.05) is 32.0 Å². The summed E-state index contributed by atoms with van der Waals surface area (Å²) in [5, 5.41) is 6.04. The largest absolute Gasteiger partial charge is 0.450 e. The van der Waals surface area contributed by atoms with Crippen molar-refractivity contribution in [3.05, 3.63) is 59.4 Å². The minimum Gasteiger partial charge on any atom is -0.450 e. The highest BCUT2D eigenvalue weighted by molar-refractivity contribution is 6.13. The number of para-hydroxylation sites is 1. The second kappa shape index (κ2) is 7.31. The van der Waals surface area contributed by atoms with Crippen LogP contribution in [0.3, 0.4) is 0 Å². The van der Waals surface area contributed by atoms with E-state index in [1.54, 1.807) is 31.2 Å². The van der Waals surface area contributed by atoms with Crippen molar-refractivity contribution in [2.24, 2.45) is 0 Å². The third-order valence-electron chi connectivity index (χ3n) is 4.07. The summed E-state index contributed by atoms with van der Waals surface area (Å²) in [7, 11) is 0. The minimum atomic E-state index is -0.640. The number of fused-ring (bicyclic) bond motifs is 1. The van der Waals surface area contributed by atoms with E-state index in [0.29, 0.717) is 22.3 Å². The van der Waals surface area contributed by atoms with Crippen LogP contribution in [-0.2, 0) is 4.74 Å². The summed E-state index contributed by atoms with van der Waals surface area (Å²) in [5.41, 5.74) is 3.65. The molecule has 0 fully saturated rings. The molecule has 2 N–H and O–H groups in total. The van der Waals surface area contributed by atoms with E-state index in [1.165, 1.54) is 0 Å². The third-order valence-corrected chi connectivity index (χ3v) is 4.07. The van der Waals surface area contributed by atoms with E-state index in [0.717, 1.165) is 11.1 Å². The number of aryl methyl sites for hydroxylation is 2. The van der Waals surface area contributed by atoms with E-state index in [2.05, 4.69) is 10.6 Å². The van der Waals surface area contributed by atoms with Crippen molar-refractivity contribution in [1.29, 1.82) is 0 Å². The Kier molecular flexibility index (Phi) is 4.93. The van der Waals surface area contributed by atoms with Crippen LogP contribution in [0.25, 0.3) is 11.0 Å². The number of benzene rings is 2. The lowest BCUT2D eigenvalue weighted by molar-refractivity contribution is 0.1000. The molecule has 6 nitrogen and oxygen atoms in total. The highest BCUT2D eigenvalue weighted by atomic mass is 16.5. The predicted octanol–water partition coefficient (Wildman–Crippen LogP) is 4.87. The average molecular weight is 352 g/mol. The Bertz CT molecular complexity index is 975. The number of furan rings is 1. The zero-order valence-electron chi connectivity index (χ0n) is 14.9. The Labute approximate surface area is 151 Å². The molecular weight excluding hydrogens is 332 g/mol. The van der Waals surface area contributed by atoms with Gasteiger partial charge in [-0.1, -0.05) is 18.2 Å². The van der Waals surface area contributed by atoms with Gasteiger partial charge in [0.1, 0.15) is 11.3 Å². The number of hydrogen-bond acceptors (Lipinski definition) is 4. The van der Waals surface area contributed by atoms with E-state index in [9.17, 15) is 9.59 Å². The molecule has 0 atom stereocenters. The van der Waals surface area contributed by atoms with Crippen LogP contribution in [0.4, 0.5) is 16.2 Å². The van der Waals surface area contributed by atoms with E-state index in [-0.39, 0.29) is 12.4 Å². The molecule has 0 saturated heterocycles. The lowest BCUT2D eigenvalue weighted by Gasteiger charge is -2.08. The van der Waals surface area contributed by atoms with Gasteiger partial charge >= 0.3 is 6.09 Å². The smallest absolute Gasteiger partial charge is 0.411 e. The fraction of sp³-hybridized carbons (Fsp3) is 0.200. The highest BCUT2D eigenvalue weighted by Crippen LogP contribution is 2.31. The normalized spacial score (nSPS) is 10.6. The van der Waals surface area contributed by atoms with Crippen molar-refractivity contribution in [2.45, 2.75) is 20.8 Å². The van der Waals surface area contributed by atoms with Crippen LogP contribution >= 0.6 is 0 Å². The van der Waals surface area contributed by atoms with Crippen LogP contribution < -0.4 is 10.6 Å². The van der Waals surface area contributed by atoms with Crippen molar-refractivity contribution in [3.63, 3.8) is 0 Å². The Hall–Kier alpha value is -3.28. The lowest BCUT2D eigenvalue weighted by Crippen LogP contribution is -2.18. The summed E-state index contributed by atoms with van der Waals surface area (Å²) in [4.78, 5) is 24.6. The SMILES string of the molecule is CCOC(=O)Nc1c(C(=O)Nc2ccc(C)c(C)c2)oc2ccccc12. The van der Waals surface area contributed by atoms with E-state index in [4.69, 9.17) is 9.15 Å². The molecule has 26 heavy (non-hydrogen) atoms. The van der Waals surface area contributed by atoms with Crippen molar-refractivity contribution in [3.8, 4) is 0 Å². The zero-order chi connectivity index (χ0) is 18.7. The lowest BCUT2D eigenvalue weighted by atomic mass is 10.1. The van der Waals surface area contributed by atoms with Gasteiger partial charge < -0.3 is 14.5 Å². The summed E-state index contributed by atoms with van der Waals surface area (Å²) in [6.45, 7) is 5.91. The molecule has 1 heterocycles. The molecule has 0 saturated carbocycles. The molecule has 0 aliphatic rings. The van der Waals surface area contributed by atoms with Crippen LogP contribution in [0.2, 0.25) is 0 Å². The molecule has 134 valence electrons. The van der Waals surface area contributed by atoms with Crippen LogP contribution in [0, 0.1) is 13.8 Å². The van der Waals surface area contributed by atoms with Gasteiger partial charge in [0.2, 0.25) is 5.76 Å². The van der Waals surface area contributed by atoms with Gasteiger partial charge in [-0.2, -0.15) is 0 Å².